The van der Waals surface area contributed by atoms with Gasteiger partial charge in [-0.3, -0.25) is 4.90 Å². The number of benzene rings is 2. The summed E-state index contributed by atoms with van der Waals surface area (Å²) in [5, 5.41) is 10.4. The molecule has 0 amide bonds. The van der Waals surface area contributed by atoms with Gasteiger partial charge in [0.1, 0.15) is 5.75 Å². The number of nitrogens with zero attached hydrogens (tertiary/aromatic N) is 1. The number of nitrogens with one attached hydrogen (secondary N) is 1. The molecule has 0 bridgehead atoms. The van der Waals surface area contributed by atoms with Gasteiger partial charge in [-0.05, 0) is 55.3 Å². The first kappa shape index (κ1) is 22.6. The second-order valence-corrected chi connectivity index (χ2v) is 9.37. The zero-order valence-corrected chi connectivity index (χ0v) is 18.8. The molecular formula is C24H26F2N2O3S. The second-order valence-electron chi connectivity index (χ2n) is 8.12. The molecule has 2 N–H and O–H groups in total. The number of aryl methyl sites for hydroxylation is 1. The molecule has 1 fully saturated rings. The maximum Gasteiger partial charge on any atom is 0.335 e. The molecule has 8 heteroatoms. The normalized spacial score (nSPS) is 19.5. The number of rotatable bonds is 7. The Morgan fingerprint density at radius 2 is 2.06 bits per heavy atom. The summed E-state index contributed by atoms with van der Waals surface area (Å²) in [7, 11) is 1.66. The molecule has 170 valence electrons. The van der Waals surface area contributed by atoms with E-state index in [0.29, 0.717) is 13.1 Å². The lowest BCUT2D eigenvalue weighted by molar-refractivity contribution is 0.0695. The fourth-order valence-electron chi connectivity index (χ4n) is 4.47. The molecule has 0 saturated carbocycles. The van der Waals surface area contributed by atoms with E-state index in [1.165, 1.54) is 0 Å². The molecule has 2 aromatic carbocycles. The van der Waals surface area contributed by atoms with E-state index in [1.54, 1.807) is 35.9 Å². The van der Waals surface area contributed by atoms with Crippen molar-refractivity contribution in [1.82, 2.24) is 9.88 Å². The Kier molecular flexibility index (Phi) is 6.71. The quantitative estimate of drug-likeness (QED) is 0.494. The van der Waals surface area contributed by atoms with Gasteiger partial charge in [-0.1, -0.05) is 12.1 Å². The van der Waals surface area contributed by atoms with E-state index in [2.05, 4.69) is 4.98 Å². The standard InChI is InChI=1S/C24H26F2N2O3S/c1-14-11-19(31-2)23(17-7-9-27-22(14)17)32-20-8-10-28(13-21(25)26)12-18(20)15-3-5-16(6-4-15)24(29)30/h3-7,9,11,18,20-21,27H,8,10,12-13H2,1-2H3,(H,29,30)/t18-,20-/m1/s1. The monoisotopic (exact) mass is 460 g/mol. The van der Waals surface area contributed by atoms with Crippen LogP contribution in [-0.2, 0) is 0 Å². The summed E-state index contributed by atoms with van der Waals surface area (Å²) in [4.78, 5) is 17.4. The van der Waals surface area contributed by atoms with Gasteiger partial charge < -0.3 is 14.8 Å². The van der Waals surface area contributed by atoms with E-state index in [-0.39, 0.29) is 23.3 Å². The minimum absolute atomic E-state index is 0.0182. The predicted octanol–water partition coefficient (Wildman–Crippen LogP) is 5.40. The first-order valence-corrected chi connectivity index (χ1v) is 11.4. The number of hydrogen-bond donors (Lipinski definition) is 2. The number of carboxylic acids is 1. The molecule has 1 aliphatic heterocycles. The maximum absolute atomic E-state index is 13.1. The Labute approximate surface area is 189 Å². The lowest BCUT2D eigenvalue weighted by Gasteiger charge is -2.38. The number of ether oxygens (including phenoxy) is 1. The molecule has 1 aliphatic rings. The van der Waals surface area contributed by atoms with Crippen molar-refractivity contribution in [3.63, 3.8) is 0 Å². The Balaban J connectivity index is 1.68. The Bertz CT molecular complexity index is 1100. The third-order valence-corrected chi connectivity index (χ3v) is 7.59. The lowest BCUT2D eigenvalue weighted by Crippen LogP contribution is -2.42. The summed E-state index contributed by atoms with van der Waals surface area (Å²) in [5.74, 6) is -0.199. The van der Waals surface area contributed by atoms with E-state index in [0.717, 1.165) is 39.1 Å². The Morgan fingerprint density at radius 3 is 2.72 bits per heavy atom. The fraction of sp³-hybridized carbons (Fsp3) is 0.375. The SMILES string of the molecule is COc1cc(C)c2[nH]ccc2c1S[C@@H]1CCN(CC(F)F)C[C@@H]1c1ccc(C(=O)O)cc1. The molecule has 32 heavy (non-hydrogen) atoms. The molecule has 1 aromatic heterocycles. The van der Waals surface area contributed by atoms with Gasteiger partial charge in [-0.25, -0.2) is 13.6 Å². The van der Waals surface area contributed by atoms with Crippen LogP contribution in [0, 0.1) is 6.92 Å². The average Bonchev–Trinajstić information content (AvgIpc) is 3.27. The van der Waals surface area contributed by atoms with Crippen LogP contribution in [-0.4, -0.2) is 59.4 Å². The molecule has 0 unspecified atom stereocenters. The number of aromatic nitrogens is 1. The van der Waals surface area contributed by atoms with E-state index < -0.39 is 12.4 Å². The molecule has 1 saturated heterocycles. The Morgan fingerprint density at radius 1 is 1.31 bits per heavy atom. The summed E-state index contributed by atoms with van der Waals surface area (Å²) in [6.07, 6.45) is 0.270. The number of aromatic amines is 1. The molecule has 5 nitrogen and oxygen atoms in total. The van der Waals surface area contributed by atoms with Gasteiger partial charge in [0.15, 0.2) is 0 Å². The minimum atomic E-state index is -2.38. The second kappa shape index (κ2) is 9.50. The first-order valence-electron chi connectivity index (χ1n) is 10.5. The summed E-state index contributed by atoms with van der Waals surface area (Å²) in [6, 6.07) is 10.8. The van der Waals surface area contributed by atoms with Gasteiger partial charge in [0.2, 0.25) is 0 Å². The van der Waals surface area contributed by atoms with Crippen molar-refractivity contribution in [1.29, 1.82) is 0 Å². The number of carbonyl (C=O) groups is 1. The fourth-order valence-corrected chi connectivity index (χ4v) is 5.96. The number of hydrogen-bond acceptors (Lipinski definition) is 4. The Hall–Kier alpha value is -2.58. The van der Waals surface area contributed by atoms with Crippen molar-refractivity contribution < 1.29 is 23.4 Å². The average molecular weight is 461 g/mol. The van der Waals surface area contributed by atoms with Crippen molar-refractivity contribution in [2.45, 2.75) is 35.8 Å². The summed E-state index contributed by atoms with van der Waals surface area (Å²) < 4.78 is 31.8. The van der Waals surface area contributed by atoms with Crippen molar-refractivity contribution in [3.8, 4) is 5.75 Å². The number of thioether (sulfide) groups is 1. The van der Waals surface area contributed by atoms with Crippen LogP contribution < -0.4 is 4.74 Å². The summed E-state index contributed by atoms with van der Waals surface area (Å²) in [5.41, 5.74) is 3.33. The molecule has 2 atom stereocenters. The topological polar surface area (TPSA) is 65.6 Å². The van der Waals surface area contributed by atoms with E-state index in [1.807, 2.05) is 37.4 Å². The van der Waals surface area contributed by atoms with Crippen LogP contribution in [0.4, 0.5) is 8.78 Å². The molecule has 3 aromatic rings. The van der Waals surface area contributed by atoms with E-state index in [9.17, 15) is 18.7 Å². The molecule has 0 radical (unpaired) electrons. The van der Waals surface area contributed by atoms with Crippen LogP contribution in [0.1, 0.15) is 33.8 Å². The summed E-state index contributed by atoms with van der Waals surface area (Å²) in [6.45, 7) is 2.87. The van der Waals surface area contributed by atoms with Gasteiger partial charge in [-0.15, -0.1) is 11.8 Å². The highest BCUT2D eigenvalue weighted by Gasteiger charge is 2.33. The number of H-pyrrole nitrogens is 1. The van der Waals surface area contributed by atoms with Crippen molar-refractivity contribution in [2.24, 2.45) is 0 Å². The first-order chi connectivity index (χ1) is 15.4. The number of methoxy groups -OCH3 is 1. The van der Waals surface area contributed by atoms with Crippen LogP contribution in [0.2, 0.25) is 0 Å². The largest absolute Gasteiger partial charge is 0.496 e. The molecule has 4 rings (SSSR count). The third kappa shape index (κ3) is 4.61. The number of aromatic carboxylic acids is 1. The van der Waals surface area contributed by atoms with Crippen LogP contribution in [0.25, 0.3) is 10.9 Å². The number of piperidine rings is 1. The van der Waals surface area contributed by atoms with Crippen molar-refractivity contribution in [2.75, 3.05) is 26.7 Å². The van der Waals surface area contributed by atoms with Gasteiger partial charge >= 0.3 is 5.97 Å². The minimum Gasteiger partial charge on any atom is -0.496 e. The van der Waals surface area contributed by atoms with Crippen LogP contribution in [0.15, 0.2) is 47.5 Å². The van der Waals surface area contributed by atoms with Gasteiger partial charge in [0.05, 0.1) is 24.1 Å². The number of fused-ring (bicyclic) bond motifs is 1. The highest BCUT2D eigenvalue weighted by molar-refractivity contribution is 8.00. The van der Waals surface area contributed by atoms with Crippen LogP contribution >= 0.6 is 11.8 Å². The molecule has 0 aliphatic carbocycles. The number of halogens is 2. The van der Waals surface area contributed by atoms with Crippen molar-refractivity contribution in [3.05, 3.63) is 59.3 Å². The van der Waals surface area contributed by atoms with Gasteiger partial charge in [-0.2, -0.15) is 0 Å². The number of carboxylic acid groups (broad SMARTS) is 1. The maximum atomic E-state index is 13.1. The van der Waals surface area contributed by atoms with E-state index >= 15 is 0 Å². The number of likely N-dealkylation sites (tertiary alicyclic amines) is 1. The van der Waals surface area contributed by atoms with E-state index in [4.69, 9.17) is 4.74 Å². The summed E-state index contributed by atoms with van der Waals surface area (Å²) >= 11 is 1.72. The molecule has 2 heterocycles. The van der Waals surface area contributed by atoms with Gasteiger partial charge in [0, 0.05) is 34.8 Å². The third-order valence-electron chi connectivity index (χ3n) is 6.06. The lowest BCUT2D eigenvalue weighted by atomic mass is 9.89. The highest BCUT2D eigenvalue weighted by atomic mass is 32.2. The zero-order chi connectivity index (χ0) is 22.8. The van der Waals surface area contributed by atoms with Crippen LogP contribution in [0.5, 0.6) is 5.75 Å². The van der Waals surface area contributed by atoms with Gasteiger partial charge in [0.25, 0.3) is 6.43 Å². The van der Waals surface area contributed by atoms with Crippen molar-refractivity contribution >= 4 is 28.6 Å². The highest BCUT2D eigenvalue weighted by Crippen LogP contribution is 2.45. The molecular weight excluding hydrogens is 434 g/mol. The smallest absolute Gasteiger partial charge is 0.335 e. The predicted molar refractivity (Wildman–Crippen MR) is 122 cm³/mol. The van der Waals surface area contributed by atoms with Crippen LogP contribution in [0.3, 0.4) is 0 Å². The molecule has 0 spiro atoms. The zero-order valence-electron chi connectivity index (χ0n) is 18.0. The number of alkyl halides is 2.